The first-order chi connectivity index (χ1) is 8.54. The van der Waals surface area contributed by atoms with Gasteiger partial charge in [0.2, 0.25) is 0 Å². The maximum atomic E-state index is 9.40. The number of nitrogens with zero attached hydrogens (tertiary/aromatic N) is 1. The van der Waals surface area contributed by atoms with Gasteiger partial charge in [0.25, 0.3) is 0 Å². The minimum absolute atomic E-state index is 0.503. The number of aromatic nitrogens is 1. The van der Waals surface area contributed by atoms with Crippen LogP contribution >= 0.6 is 35.0 Å². The molecule has 0 aliphatic heterocycles. The summed E-state index contributed by atoms with van der Waals surface area (Å²) in [4.78, 5) is 5.21. The molecule has 0 amide bonds. The van der Waals surface area contributed by atoms with E-state index in [0.717, 1.165) is 15.5 Å². The summed E-state index contributed by atoms with van der Waals surface area (Å²) < 4.78 is 0. The molecule has 94 valence electrons. The van der Waals surface area contributed by atoms with Gasteiger partial charge in [-0.2, -0.15) is 0 Å². The molecule has 2 rings (SSSR count). The van der Waals surface area contributed by atoms with E-state index in [4.69, 9.17) is 23.2 Å². The predicted molar refractivity (Wildman–Crippen MR) is 75.5 cm³/mol. The van der Waals surface area contributed by atoms with Gasteiger partial charge in [-0.25, -0.2) is 4.98 Å². The van der Waals surface area contributed by atoms with Crippen molar-refractivity contribution in [2.45, 2.75) is 22.9 Å². The predicted octanol–water partition coefficient (Wildman–Crippen LogP) is 4.59. The summed E-state index contributed by atoms with van der Waals surface area (Å²) in [7, 11) is 0. The molecular weight excluding hydrogens is 289 g/mol. The molecule has 2 nitrogen and oxygen atoms in total. The van der Waals surface area contributed by atoms with E-state index in [1.165, 1.54) is 11.8 Å². The summed E-state index contributed by atoms with van der Waals surface area (Å²) in [5, 5.41) is 11.4. The van der Waals surface area contributed by atoms with Gasteiger partial charge in [0.15, 0.2) is 0 Å². The zero-order valence-corrected chi connectivity index (χ0v) is 11.9. The van der Waals surface area contributed by atoms with E-state index in [1.54, 1.807) is 19.2 Å². The Morgan fingerprint density at radius 1 is 1.17 bits per heavy atom. The van der Waals surface area contributed by atoms with Gasteiger partial charge >= 0.3 is 0 Å². The van der Waals surface area contributed by atoms with Gasteiger partial charge in [-0.15, -0.1) is 0 Å². The van der Waals surface area contributed by atoms with Crippen LogP contribution in [0.2, 0.25) is 10.0 Å². The zero-order valence-electron chi connectivity index (χ0n) is 9.60. The number of benzene rings is 1. The second-order valence-corrected chi connectivity index (χ2v) is 5.78. The number of rotatable bonds is 3. The number of aliphatic hydroxyl groups is 1. The van der Waals surface area contributed by atoms with E-state index >= 15 is 0 Å². The lowest BCUT2D eigenvalue weighted by molar-refractivity contribution is 0.198. The number of pyridine rings is 1. The van der Waals surface area contributed by atoms with Crippen LogP contribution in [-0.2, 0) is 0 Å². The molecule has 1 unspecified atom stereocenters. The van der Waals surface area contributed by atoms with E-state index in [1.807, 2.05) is 24.3 Å². The van der Waals surface area contributed by atoms with Crippen molar-refractivity contribution >= 4 is 35.0 Å². The molecule has 1 aromatic heterocycles. The first-order valence-electron chi connectivity index (χ1n) is 5.32. The molecule has 0 bridgehead atoms. The topological polar surface area (TPSA) is 33.1 Å². The van der Waals surface area contributed by atoms with E-state index < -0.39 is 6.10 Å². The molecule has 1 heterocycles. The lowest BCUT2D eigenvalue weighted by Gasteiger charge is -2.06. The minimum atomic E-state index is -0.503. The highest BCUT2D eigenvalue weighted by Gasteiger charge is 2.04. The molecule has 0 aliphatic rings. The van der Waals surface area contributed by atoms with Crippen molar-refractivity contribution in [3.05, 3.63) is 52.1 Å². The lowest BCUT2D eigenvalue weighted by Crippen LogP contribution is -1.92. The molecule has 5 heteroatoms. The quantitative estimate of drug-likeness (QED) is 0.899. The molecule has 0 spiro atoms. The molecule has 2 aromatic rings. The molecular formula is C13H11Cl2NOS. The van der Waals surface area contributed by atoms with Gasteiger partial charge < -0.3 is 5.11 Å². The van der Waals surface area contributed by atoms with Gasteiger partial charge in [-0.3, -0.25) is 0 Å². The molecule has 1 N–H and O–H groups in total. The maximum Gasteiger partial charge on any atom is 0.101 e. The van der Waals surface area contributed by atoms with Crippen molar-refractivity contribution in [2.24, 2.45) is 0 Å². The van der Waals surface area contributed by atoms with Crippen LogP contribution in [-0.4, -0.2) is 10.1 Å². The van der Waals surface area contributed by atoms with Crippen molar-refractivity contribution in [1.82, 2.24) is 4.98 Å². The van der Waals surface area contributed by atoms with E-state index in [2.05, 4.69) is 4.98 Å². The smallest absolute Gasteiger partial charge is 0.101 e. The summed E-state index contributed by atoms with van der Waals surface area (Å²) in [5.41, 5.74) is 0.795. The number of hydrogen-bond acceptors (Lipinski definition) is 3. The van der Waals surface area contributed by atoms with Crippen LogP contribution in [0.1, 0.15) is 18.6 Å². The van der Waals surface area contributed by atoms with Crippen LogP contribution in [0.4, 0.5) is 0 Å². The van der Waals surface area contributed by atoms with E-state index in [-0.39, 0.29) is 0 Å². The monoisotopic (exact) mass is 299 g/mol. The van der Waals surface area contributed by atoms with Gasteiger partial charge in [0, 0.05) is 21.1 Å². The third-order valence-electron chi connectivity index (χ3n) is 2.30. The van der Waals surface area contributed by atoms with Crippen molar-refractivity contribution in [1.29, 1.82) is 0 Å². The van der Waals surface area contributed by atoms with Crippen LogP contribution in [0.3, 0.4) is 0 Å². The second-order valence-electron chi connectivity index (χ2n) is 3.81. The molecule has 0 saturated carbocycles. The normalized spacial score (nSPS) is 12.4. The molecule has 0 saturated heterocycles. The summed E-state index contributed by atoms with van der Waals surface area (Å²) in [6.07, 6.45) is 1.16. The van der Waals surface area contributed by atoms with Crippen LogP contribution < -0.4 is 0 Å². The highest BCUT2D eigenvalue weighted by molar-refractivity contribution is 7.99. The summed E-state index contributed by atoms with van der Waals surface area (Å²) in [6, 6.07) is 9.08. The third-order valence-corrected chi connectivity index (χ3v) is 3.66. The second kappa shape index (κ2) is 5.93. The molecule has 1 atom stereocenters. The fourth-order valence-corrected chi connectivity index (χ4v) is 2.92. The standard InChI is InChI=1S/C13H11Cl2NOS/c1-8(17)9-2-3-13(16-7-9)18-12-5-10(14)4-11(15)6-12/h2-8,17H,1H3. The van der Waals surface area contributed by atoms with Crippen molar-refractivity contribution in [3.8, 4) is 0 Å². The summed E-state index contributed by atoms with van der Waals surface area (Å²) in [5.74, 6) is 0. The van der Waals surface area contributed by atoms with Gasteiger partial charge in [-0.05, 0) is 36.8 Å². The van der Waals surface area contributed by atoms with Crippen LogP contribution in [0.5, 0.6) is 0 Å². The minimum Gasteiger partial charge on any atom is -0.389 e. The molecule has 0 aliphatic carbocycles. The molecule has 18 heavy (non-hydrogen) atoms. The Morgan fingerprint density at radius 2 is 1.83 bits per heavy atom. The van der Waals surface area contributed by atoms with Crippen LogP contribution in [0.15, 0.2) is 46.5 Å². The van der Waals surface area contributed by atoms with Gasteiger partial charge in [0.1, 0.15) is 5.03 Å². The van der Waals surface area contributed by atoms with Crippen LogP contribution in [0, 0.1) is 0 Å². The molecule has 0 radical (unpaired) electrons. The first kappa shape index (κ1) is 13.7. The zero-order chi connectivity index (χ0) is 13.1. The maximum absolute atomic E-state index is 9.40. The Hall–Kier alpha value is -0.740. The Morgan fingerprint density at radius 3 is 2.33 bits per heavy atom. The van der Waals surface area contributed by atoms with Crippen molar-refractivity contribution in [2.75, 3.05) is 0 Å². The summed E-state index contributed by atoms with van der Waals surface area (Å²) in [6.45, 7) is 1.71. The van der Waals surface area contributed by atoms with Gasteiger partial charge in [-0.1, -0.05) is 41.0 Å². The van der Waals surface area contributed by atoms with Crippen molar-refractivity contribution < 1.29 is 5.11 Å². The van der Waals surface area contributed by atoms with Gasteiger partial charge in [0.05, 0.1) is 6.10 Å². The Balaban J connectivity index is 2.18. The highest BCUT2D eigenvalue weighted by atomic mass is 35.5. The highest BCUT2D eigenvalue weighted by Crippen LogP contribution is 2.31. The molecule has 0 fully saturated rings. The number of aliphatic hydroxyl groups excluding tert-OH is 1. The third kappa shape index (κ3) is 3.62. The Labute approximate surface area is 120 Å². The SMILES string of the molecule is CC(O)c1ccc(Sc2cc(Cl)cc(Cl)c2)nc1. The fraction of sp³-hybridized carbons (Fsp3) is 0.154. The largest absolute Gasteiger partial charge is 0.389 e. The van der Waals surface area contributed by atoms with Crippen molar-refractivity contribution in [3.63, 3.8) is 0 Å². The average Bonchev–Trinajstić information content (AvgIpc) is 2.28. The fourth-order valence-electron chi connectivity index (χ4n) is 1.41. The average molecular weight is 300 g/mol. The van der Waals surface area contributed by atoms with Crippen LogP contribution in [0.25, 0.3) is 0 Å². The first-order valence-corrected chi connectivity index (χ1v) is 6.90. The summed E-state index contributed by atoms with van der Waals surface area (Å²) >= 11 is 13.3. The van der Waals surface area contributed by atoms with E-state index in [0.29, 0.717) is 10.0 Å². The molecule has 1 aromatic carbocycles. The number of hydrogen-bond donors (Lipinski definition) is 1. The Bertz CT molecular complexity index is 523. The number of halogens is 2. The van der Waals surface area contributed by atoms with E-state index in [9.17, 15) is 5.11 Å². The lowest BCUT2D eigenvalue weighted by atomic mass is 10.2. The Kier molecular flexibility index (Phi) is 4.51.